The van der Waals surface area contributed by atoms with E-state index in [9.17, 15) is 4.39 Å². The lowest BCUT2D eigenvalue weighted by molar-refractivity contribution is 0.624. The van der Waals surface area contributed by atoms with Gasteiger partial charge in [0.1, 0.15) is 5.82 Å². The van der Waals surface area contributed by atoms with Gasteiger partial charge in [0.05, 0.1) is 11.6 Å². The first kappa shape index (κ1) is 11.8. The topological polar surface area (TPSA) is 72.5 Å². The molecular weight excluding hydrogens is 207 g/mol. The van der Waals surface area contributed by atoms with Crippen LogP contribution in [-0.4, -0.2) is 6.54 Å². The van der Waals surface area contributed by atoms with Crippen molar-refractivity contribution in [3.63, 3.8) is 0 Å². The minimum absolute atomic E-state index is 0.295. The van der Waals surface area contributed by atoms with Crippen molar-refractivity contribution < 1.29 is 4.39 Å². The van der Waals surface area contributed by atoms with E-state index in [4.69, 9.17) is 10.8 Å². The highest BCUT2D eigenvalue weighted by Crippen LogP contribution is 2.11. The van der Waals surface area contributed by atoms with Gasteiger partial charge in [0, 0.05) is 17.0 Å². The third kappa shape index (κ3) is 3.45. The van der Waals surface area contributed by atoms with Crippen LogP contribution < -0.4 is 0 Å². The van der Waals surface area contributed by atoms with E-state index in [-0.39, 0.29) is 0 Å². The average Bonchev–Trinajstić information content (AvgIpc) is 2.30. The molecule has 0 saturated heterocycles. The van der Waals surface area contributed by atoms with Crippen molar-refractivity contribution in [2.45, 2.75) is 6.42 Å². The van der Waals surface area contributed by atoms with Crippen molar-refractivity contribution in [1.82, 2.24) is 0 Å². The lowest BCUT2D eigenvalue weighted by Gasteiger charge is -1.96. The van der Waals surface area contributed by atoms with Gasteiger partial charge in [0.2, 0.25) is 0 Å². The van der Waals surface area contributed by atoms with Crippen LogP contribution in [0.1, 0.15) is 17.5 Å². The van der Waals surface area contributed by atoms with Gasteiger partial charge in [-0.25, -0.2) is 4.39 Å². The summed E-state index contributed by atoms with van der Waals surface area (Å²) in [6.07, 6.45) is 3.88. The monoisotopic (exact) mass is 216 g/mol. The van der Waals surface area contributed by atoms with Gasteiger partial charge in [-0.2, -0.15) is 5.26 Å². The van der Waals surface area contributed by atoms with Gasteiger partial charge < -0.3 is 0 Å². The summed E-state index contributed by atoms with van der Waals surface area (Å²) in [5.74, 6) is -0.431. The molecule has 0 fully saturated rings. The number of benzene rings is 1. The quantitative estimate of drug-likeness (QED) is 0.329. The Morgan fingerprint density at radius 2 is 2.38 bits per heavy atom. The molecule has 4 nitrogen and oxygen atoms in total. The van der Waals surface area contributed by atoms with Gasteiger partial charge >= 0.3 is 0 Å². The van der Waals surface area contributed by atoms with Crippen LogP contribution >= 0.6 is 0 Å². The molecule has 0 atom stereocenters. The zero-order chi connectivity index (χ0) is 11.8. The first-order chi connectivity index (χ1) is 7.77. The second-order valence-electron chi connectivity index (χ2n) is 2.99. The average molecular weight is 216 g/mol. The van der Waals surface area contributed by atoms with E-state index in [1.54, 1.807) is 18.2 Å². The number of azide groups is 1. The maximum atomic E-state index is 13.3. The summed E-state index contributed by atoms with van der Waals surface area (Å²) in [6.45, 7) is 0.352. The van der Waals surface area contributed by atoms with Gasteiger partial charge in [-0.15, -0.1) is 0 Å². The minimum atomic E-state index is -0.431. The van der Waals surface area contributed by atoms with E-state index in [1.807, 2.05) is 6.07 Å². The predicted molar refractivity (Wildman–Crippen MR) is 58.8 cm³/mol. The van der Waals surface area contributed by atoms with Gasteiger partial charge in [-0.1, -0.05) is 23.3 Å². The normalized spacial score (nSPS) is 9.75. The summed E-state index contributed by atoms with van der Waals surface area (Å²) in [7, 11) is 0. The Kier molecular flexibility index (Phi) is 4.58. The minimum Gasteiger partial charge on any atom is -0.206 e. The van der Waals surface area contributed by atoms with Crippen molar-refractivity contribution in [3.05, 3.63) is 51.7 Å². The lowest BCUT2D eigenvalue weighted by Crippen LogP contribution is -1.84. The number of halogens is 1. The Labute approximate surface area is 92.3 Å². The Morgan fingerprint density at radius 1 is 1.56 bits per heavy atom. The molecule has 0 saturated carbocycles. The third-order valence-electron chi connectivity index (χ3n) is 1.89. The molecule has 16 heavy (non-hydrogen) atoms. The number of rotatable bonds is 4. The van der Waals surface area contributed by atoms with Crippen LogP contribution in [0.3, 0.4) is 0 Å². The second kappa shape index (κ2) is 6.23. The Balaban J connectivity index is 2.67. The third-order valence-corrected chi connectivity index (χ3v) is 1.89. The first-order valence-corrected chi connectivity index (χ1v) is 4.65. The smallest absolute Gasteiger partial charge is 0.131 e. The Morgan fingerprint density at radius 3 is 3.00 bits per heavy atom. The zero-order valence-corrected chi connectivity index (χ0v) is 8.47. The van der Waals surface area contributed by atoms with Gasteiger partial charge in [0.25, 0.3) is 0 Å². The van der Waals surface area contributed by atoms with Crippen molar-refractivity contribution in [2.24, 2.45) is 5.11 Å². The van der Waals surface area contributed by atoms with Gasteiger partial charge in [-0.05, 0) is 24.1 Å². The molecule has 1 rings (SSSR count). The number of nitriles is 1. The number of nitrogens with zero attached hydrogens (tertiary/aromatic N) is 4. The molecule has 0 N–H and O–H groups in total. The second-order valence-corrected chi connectivity index (χ2v) is 2.99. The SMILES string of the molecule is N#Cc1ccc(C=CCCN=[N+]=[N-])c(F)c1. The molecule has 0 aliphatic heterocycles. The number of hydrogen-bond donors (Lipinski definition) is 0. The summed E-state index contributed by atoms with van der Waals surface area (Å²) in [5, 5.41) is 11.9. The largest absolute Gasteiger partial charge is 0.206 e. The van der Waals surface area contributed by atoms with E-state index in [0.29, 0.717) is 24.1 Å². The zero-order valence-electron chi connectivity index (χ0n) is 8.47. The van der Waals surface area contributed by atoms with E-state index in [0.717, 1.165) is 0 Å². The molecule has 5 heteroatoms. The molecular formula is C11H9FN4. The summed E-state index contributed by atoms with van der Waals surface area (Å²) >= 11 is 0. The molecule has 0 spiro atoms. The summed E-state index contributed by atoms with van der Waals surface area (Å²) < 4.78 is 13.3. The fourth-order valence-corrected chi connectivity index (χ4v) is 1.12. The van der Waals surface area contributed by atoms with Crippen LogP contribution in [0.15, 0.2) is 29.4 Å². The van der Waals surface area contributed by atoms with Crippen LogP contribution in [0, 0.1) is 17.1 Å². The Bertz CT molecular complexity index is 481. The van der Waals surface area contributed by atoms with Crippen molar-refractivity contribution in [3.8, 4) is 6.07 Å². The molecule has 0 aliphatic carbocycles. The predicted octanol–water partition coefficient (Wildman–Crippen LogP) is 3.41. The summed E-state index contributed by atoms with van der Waals surface area (Å²) in [6, 6.07) is 6.14. The van der Waals surface area contributed by atoms with E-state index in [2.05, 4.69) is 10.0 Å². The van der Waals surface area contributed by atoms with Crippen molar-refractivity contribution >= 4 is 6.08 Å². The molecule has 0 aliphatic rings. The van der Waals surface area contributed by atoms with Crippen LogP contribution in [0.2, 0.25) is 0 Å². The Hall–Kier alpha value is -2.31. The highest BCUT2D eigenvalue weighted by Gasteiger charge is 1.99. The van der Waals surface area contributed by atoms with Crippen LogP contribution in [0.4, 0.5) is 4.39 Å². The summed E-state index contributed by atoms with van der Waals surface area (Å²) in [5.41, 5.74) is 8.74. The molecule has 0 amide bonds. The van der Waals surface area contributed by atoms with E-state index < -0.39 is 5.82 Å². The van der Waals surface area contributed by atoms with E-state index >= 15 is 0 Å². The molecule has 1 aromatic carbocycles. The summed E-state index contributed by atoms with van der Waals surface area (Å²) in [4.78, 5) is 2.60. The fourth-order valence-electron chi connectivity index (χ4n) is 1.12. The standard InChI is InChI=1S/C11H9FN4/c12-11-7-9(8-13)4-5-10(11)3-1-2-6-15-16-14/h1,3-5,7H,2,6H2. The van der Waals surface area contributed by atoms with E-state index in [1.165, 1.54) is 12.1 Å². The van der Waals surface area contributed by atoms with Gasteiger partial charge in [-0.3, -0.25) is 0 Å². The van der Waals surface area contributed by atoms with Crippen LogP contribution in [0.5, 0.6) is 0 Å². The van der Waals surface area contributed by atoms with Crippen LogP contribution in [0.25, 0.3) is 16.5 Å². The number of hydrogen-bond acceptors (Lipinski definition) is 2. The molecule has 80 valence electrons. The highest BCUT2D eigenvalue weighted by molar-refractivity contribution is 5.51. The molecule has 0 radical (unpaired) electrons. The molecule has 0 bridgehead atoms. The van der Waals surface area contributed by atoms with Crippen molar-refractivity contribution in [2.75, 3.05) is 6.54 Å². The molecule has 0 unspecified atom stereocenters. The molecule has 0 heterocycles. The van der Waals surface area contributed by atoms with Crippen molar-refractivity contribution in [1.29, 1.82) is 5.26 Å². The lowest BCUT2D eigenvalue weighted by atomic mass is 10.1. The molecule has 0 aromatic heterocycles. The first-order valence-electron chi connectivity index (χ1n) is 4.65. The van der Waals surface area contributed by atoms with Gasteiger partial charge in [0.15, 0.2) is 0 Å². The van der Waals surface area contributed by atoms with Crippen LogP contribution in [-0.2, 0) is 0 Å². The fraction of sp³-hybridized carbons (Fsp3) is 0.182. The maximum Gasteiger partial charge on any atom is 0.131 e. The molecule has 1 aromatic rings. The highest BCUT2D eigenvalue weighted by atomic mass is 19.1. The maximum absolute atomic E-state index is 13.3.